The Hall–Kier alpha value is -2.63. The molecule has 6 heteroatoms. The fourth-order valence-electron chi connectivity index (χ4n) is 1.82. The van der Waals surface area contributed by atoms with E-state index in [9.17, 15) is 9.18 Å². The molecule has 0 aliphatic rings. The van der Waals surface area contributed by atoms with E-state index in [1.54, 1.807) is 12.1 Å². The van der Waals surface area contributed by atoms with Crippen molar-refractivity contribution in [1.82, 2.24) is 9.97 Å². The number of nitrogens with zero attached hydrogens (tertiary/aromatic N) is 1. The van der Waals surface area contributed by atoms with Gasteiger partial charge >= 0.3 is 5.97 Å². The lowest BCUT2D eigenvalue weighted by atomic mass is 10.2. The van der Waals surface area contributed by atoms with Crippen LogP contribution in [0.2, 0.25) is 0 Å². The SMILES string of the molecule is O=C(O)c1ncoc1-c1cc2cc(F)ccc2[nH]1. The average molecular weight is 246 g/mol. The second kappa shape index (κ2) is 3.69. The van der Waals surface area contributed by atoms with Crippen molar-refractivity contribution < 1.29 is 18.7 Å². The number of halogens is 1. The van der Waals surface area contributed by atoms with Crippen molar-refractivity contribution >= 4 is 16.9 Å². The summed E-state index contributed by atoms with van der Waals surface area (Å²) in [6.45, 7) is 0. The molecule has 90 valence electrons. The van der Waals surface area contributed by atoms with Gasteiger partial charge in [0.05, 0.1) is 5.69 Å². The molecule has 0 aliphatic carbocycles. The van der Waals surface area contributed by atoms with Crippen molar-refractivity contribution in [3.63, 3.8) is 0 Å². The Morgan fingerprint density at radius 3 is 3.00 bits per heavy atom. The molecule has 0 saturated heterocycles. The third-order valence-corrected chi connectivity index (χ3v) is 2.60. The van der Waals surface area contributed by atoms with E-state index < -0.39 is 5.97 Å². The number of nitrogens with one attached hydrogen (secondary N) is 1. The highest BCUT2D eigenvalue weighted by molar-refractivity contribution is 5.94. The van der Waals surface area contributed by atoms with Gasteiger partial charge in [-0.3, -0.25) is 0 Å². The average Bonchev–Trinajstić information content (AvgIpc) is 2.93. The number of carboxylic acids is 1. The zero-order valence-corrected chi connectivity index (χ0v) is 8.98. The van der Waals surface area contributed by atoms with E-state index in [0.29, 0.717) is 16.6 Å². The highest BCUT2D eigenvalue weighted by Crippen LogP contribution is 2.26. The molecule has 2 N–H and O–H groups in total. The predicted octanol–water partition coefficient (Wildman–Crippen LogP) is 2.66. The minimum Gasteiger partial charge on any atom is -0.476 e. The van der Waals surface area contributed by atoms with E-state index in [1.165, 1.54) is 12.1 Å². The number of hydrogen-bond donors (Lipinski definition) is 2. The van der Waals surface area contributed by atoms with E-state index >= 15 is 0 Å². The standard InChI is InChI=1S/C12H7FN2O3/c13-7-1-2-8-6(3-7)4-9(15-8)11-10(12(16)17)14-5-18-11/h1-5,15H,(H,16,17). The van der Waals surface area contributed by atoms with Gasteiger partial charge in [0.1, 0.15) is 5.82 Å². The van der Waals surface area contributed by atoms with Gasteiger partial charge in [0, 0.05) is 10.9 Å². The summed E-state index contributed by atoms with van der Waals surface area (Å²) in [6.07, 6.45) is 1.06. The fraction of sp³-hybridized carbons (Fsp3) is 0. The van der Waals surface area contributed by atoms with E-state index in [1.807, 2.05) is 0 Å². The molecule has 0 unspecified atom stereocenters. The van der Waals surface area contributed by atoms with Crippen LogP contribution in [0, 0.1) is 5.82 Å². The first-order chi connectivity index (χ1) is 8.65. The number of aromatic carboxylic acids is 1. The van der Waals surface area contributed by atoms with Gasteiger partial charge in [-0.2, -0.15) is 0 Å². The quantitative estimate of drug-likeness (QED) is 0.728. The smallest absolute Gasteiger partial charge is 0.358 e. The van der Waals surface area contributed by atoms with Crippen LogP contribution in [0.15, 0.2) is 35.1 Å². The van der Waals surface area contributed by atoms with Gasteiger partial charge < -0.3 is 14.5 Å². The minimum absolute atomic E-state index is 0.124. The number of benzene rings is 1. The van der Waals surface area contributed by atoms with Gasteiger partial charge in [0.2, 0.25) is 0 Å². The summed E-state index contributed by atoms with van der Waals surface area (Å²) in [6, 6.07) is 5.86. The van der Waals surface area contributed by atoms with Crippen LogP contribution >= 0.6 is 0 Å². The number of fused-ring (bicyclic) bond motifs is 1. The number of oxazole rings is 1. The molecule has 0 spiro atoms. The van der Waals surface area contributed by atoms with Crippen molar-refractivity contribution in [3.8, 4) is 11.5 Å². The number of aromatic amines is 1. The topological polar surface area (TPSA) is 79.1 Å². The van der Waals surface area contributed by atoms with Crippen LogP contribution in [0.3, 0.4) is 0 Å². The van der Waals surface area contributed by atoms with Crippen molar-refractivity contribution in [2.75, 3.05) is 0 Å². The maximum absolute atomic E-state index is 13.1. The molecule has 5 nitrogen and oxygen atoms in total. The van der Waals surface area contributed by atoms with Crippen LogP contribution in [-0.4, -0.2) is 21.0 Å². The molecule has 2 aromatic heterocycles. The molecule has 0 aliphatic heterocycles. The zero-order chi connectivity index (χ0) is 12.7. The molecule has 3 aromatic rings. The normalized spacial score (nSPS) is 10.9. The Morgan fingerprint density at radius 2 is 2.22 bits per heavy atom. The molecule has 2 heterocycles. The number of carboxylic acid groups (broad SMARTS) is 1. The highest BCUT2D eigenvalue weighted by atomic mass is 19.1. The molecule has 1 aromatic carbocycles. The molecule has 0 radical (unpaired) electrons. The van der Waals surface area contributed by atoms with Crippen LogP contribution in [0.1, 0.15) is 10.5 Å². The molecule has 0 amide bonds. The first kappa shape index (κ1) is 10.5. The fourth-order valence-corrected chi connectivity index (χ4v) is 1.82. The van der Waals surface area contributed by atoms with Gasteiger partial charge in [-0.15, -0.1) is 0 Å². The van der Waals surface area contributed by atoms with E-state index in [4.69, 9.17) is 9.52 Å². The molecular formula is C12H7FN2O3. The summed E-state index contributed by atoms with van der Waals surface area (Å²) < 4.78 is 18.1. The lowest BCUT2D eigenvalue weighted by Gasteiger charge is -1.92. The molecule has 0 bridgehead atoms. The van der Waals surface area contributed by atoms with Crippen molar-refractivity contribution in [2.24, 2.45) is 0 Å². The summed E-state index contributed by atoms with van der Waals surface area (Å²) >= 11 is 0. The summed E-state index contributed by atoms with van der Waals surface area (Å²) in [5.41, 5.74) is 0.965. The lowest BCUT2D eigenvalue weighted by molar-refractivity contribution is 0.0691. The molecular weight excluding hydrogens is 239 g/mol. The first-order valence-corrected chi connectivity index (χ1v) is 5.10. The third-order valence-electron chi connectivity index (χ3n) is 2.60. The monoisotopic (exact) mass is 246 g/mol. The number of H-pyrrole nitrogens is 1. The summed E-state index contributed by atoms with van der Waals surface area (Å²) in [5.74, 6) is -1.41. The van der Waals surface area contributed by atoms with E-state index in [2.05, 4.69) is 9.97 Å². The maximum Gasteiger partial charge on any atom is 0.358 e. The van der Waals surface area contributed by atoms with E-state index in [-0.39, 0.29) is 17.3 Å². The largest absolute Gasteiger partial charge is 0.476 e. The molecule has 18 heavy (non-hydrogen) atoms. The number of rotatable bonds is 2. The van der Waals surface area contributed by atoms with Crippen molar-refractivity contribution in [2.45, 2.75) is 0 Å². The maximum atomic E-state index is 13.1. The summed E-state index contributed by atoms with van der Waals surface area (Å²) in [5, 5.41) is 9.58. The minimum atomic E-state index is -1.18. The summed E-state index contributed by atoms with van der Waals surface area (Å²) in [7, 11) is 0. The molecule has 3 rings (SSSR count). The second-order valence-corrected chi connectivity index (χ2v) is 3.75. The van der Waals surface area contributed by atoms with Crippen LogP contribution in [0.4, 0.5) is 4.39 Å². The van der Waals surface area contributed by atoms with E-state index in [0.717, 1.165) is 6.39 Å². The van der Waals surface area contributed by atoms with Crippen LogP contribution in [-0.2, 0) is 0 Å². The molecule has 0 atom stereocenters. The predicted molar refractivity (Wildman–Crippen MR) is 60.7 cm³/mol. The zero-order valence-electron chi connectivity index (χ0n) is 8.98. The Labute approximate surface area is 99.9 Å². The van der Waals surface area contributed by atoms with Gasteiger partial charge in [-0.1, -0.05) is 0 Å². The van der Waals surface area contributed by atoms with Crippen molar-refractivity contribution in [1.29, 1.82) is 0 Å². The number of hydrogen-bond acceptors (Lipinski definition) is 3. The Morgan fingerprint density at radius 1 is 1.39 bits per heavy atom. The third kappa shape index (κ3) is 1.55. The van der Waals surface area contributed by atoms with Gasteiger partial charge in [0.15, 0.2) is 17.8 Å². The van der Waals surface area contributed by atoms with Crippen LogP contribution < -0.4 is 0 Å². The molecule has 0 fully saturated rings. The lowest BCUT2D eigenvalue weighted by Crippen LogP contribution is -1.98. The number of carbonyl (C=O) groups is 1. The van der Waals surface area contributed by atoms with Gasteiger partial charge in [-0.25, -0.2) is 14.2 Å². The highest BCUT2D eigenvalue weighted by Gasteiger charge is 2.18. The number of aromatic nitrogens is 2. The second-order valence-electron chi connectivity index (χ2n) is 3.75. The Balaban J connectivity index is 2.19. The molecule has 0 saturated carbocycles. The summed E-state index contributed by atoms with van der Waals surface area (Å²) in [4.78, 5) is 17.5. The van der Waals surface area contributed by atoms with Crippen LogP contribution in [0.25, 0.3) is 22.4 Å². The Kier molecular flexibility index (Phi) is 2.16. The van der Waals surface area contributed by atoms with Gasteiger partial charge in [0.25, 0.3) is 0 Å². The first-order valence-electron chi connectivity index (χ1n) is 5.10. The Bertz CT molecular complexity index is 745. The van der Waals surface area contributed by atoms with Crippen molar-refractivity contribution in [3.05, 3.63) is 42.2 Å². The van der Waals surface area contributed by atoms with Crippen LogP contribution in [0.5, 0.6) is 0 Å². The van der Waals surface area contributed by atoms with Gasteiger partial charge in [-0.05, 0) is 24.3 Å².